The normalized spacial score (nSPS) is 13.0. The summed E-state index contributed by atoms with van der Waals surface area (Å²) in [5.74, 6) is 0.839. The number of hydrogen-bond donors (Lipinski definition) is 0. The van der Waals surface area contributed by atoms with Crippen LogP contribution in [0.5, 0.6) is 5.75 Å². The van der Waals surface area contributed by atoms with Gasteiger partial charge in [0.2, 0.25) is 0 Å². The molecular formula is C13H18O2. The van der Waals surface area contributed by atoms with Crippen LogP contribution < -0.4 is 4.74 Å². The molecule has 1 rings (SSSR count). The van der Waals surface area contributed by atoms with Crippen LogP contribution in [0, 0.1) is 0 Å². The third-order valence-corrected chi connectivity index (χ3v) is 1.92. The van der Waals surface area contributed by atoms with Gasteiger partial charge >= 0.3 is 0 Å². The monoisotopic (exact) mass is 206 g/mol. The predicted molar refractivity (Wildman–Crippen MR) is 62.9 cm³/mol. The molecule has 0 bridgehead atoms. The van der Waals surface area contributed by atoms with Gasteiger partial charge < -0.3 is 9.47 Å². The molecule has 0 spiro atoms. The lowest BCUT2D eigenvalue weighted by Gasteiger charge is -2.14. The van der Waals surface area contributed by atoms with Crippen molar-refractivity contribution < 1.29 is 9.47 Å². The Bertz CT molecular complexity index is 318. The fourth-order valence-electron chi connectivity index (χ4n) is 1.34. The molecule has 0 aliphatic rings. The van der Waals surface area contributed by atoms with Crippen LogP contribution >= 0.6 is 0 Å². The lowest BCUT2D eigenvalue weighted by molar-refractivity contribution is -0.0613. The molecule has 0 amide bonds. The first kappa shape index (κ1) is 11.8. The van der Waals surface area contributed by atoms with Crippen LogP contribution in [0.25, 0.3) is 6.08 Å². The molecule has 0 heterocycles. The second-order valence-electron chi connectivity index (χ2n) is 3.21. The highest BCUT2D eigenvalue weighted by atomic mass is 16.7. The van der Waals surface area contributed by atoms with Crippen LogP contribution in [-0.4, -0.2) is 12.9 Å². The van der Waals surface area contributed by atoms with Crippen molar-refractivity contribution in [2.24, 2.45) is 0 Å². The summed E-state index contributed by atoms with van der Waals surface area (Å²) >= 11 is 0. The summed E-state index contributed by atoms with van der Waals surface area (Å²) in [5, 5.41) is 0. The minimum atomic E-state index is -0.198. The van der Waals surface area contributed by atoms with Gasteiger partial charge in [-0.3, -0.25) is 0 Å². The molecule has 0 aliphatic carbocycles. The number of ether oxygens (including phenoxy) is 2. The first-order chi connectivity index (χ1) is 7.26. The largest absolute Gasteiger partial charge is 0.465 e. The summed E-state index contributed by atoms with van der Waals surface area (Å²) in [4.78, 5) is 0. The summed E-state index contributed by atoms with van der Waals surface area (Å²) in [5.41, 5.74) is 1.14. The van der Waals surface area contributed by atoms with Crippen molar-refractivity contribution >= 4 is 6.08 Å². The highest BCUT2D eigenvalue weighted by Crippen LogP contribution is 2.16. The topological polar surface area (TPSA) is 18.5 Å². The lowest BCUT2D eigenvalue weighted by Crippen LogP contribution is -2.15. The molecule has 1 aromatic carbocycles. The van der Waals surface area contributed by atoms with E-state index >= 15 is 0 Å². The Kier molecular flexibility index (Phi) is 4.91. The van der Waals surface area contributed by atoms with Gasteiger partial charge in [-0.05, 0) is 38.5 Å². The first-order valence-electron chi connectivity index (χ1n) is 5.27. The molecule has 0 N–H and O–H groups in total. The van der Waals surface area contributed by atoms with Crippen molar-refractivity contribution in [3.8, 4) is 5.75 Å². The lowest BCUT2D eigenvalue weighted by atomic mass is 10.2. The second-order valence-corrected chi connectivity index (χ2v) is 3.21. The van der Waals surface area contributed by atoms with E-state index in [2.05, 4.69) is 0 Å². The Morgan fingerprint density at radius 1 is 1.40 bits per heavy atom. The van der Waals surface area contributed by atoms with Gasteiger partial charge in [-0.2, -0.15) is 0 Å². The minimum Gasteiger partial charge on any atom is -0.465 e. The van der Waals surface area contributed by atoms with Crippen molar-refractivity contribution in [2.45, 2.75) is 27.1 Å². The van der Waals surface area contributed by atoms with Crippen molar-refractivity contribution in [1.29, 1.82) is 0 Å². The maximum Gasteiger partial charge on any atom is 0.196 e. The van der Waals surface area contributed by atoms with Crippen LogP contribution in [0.1, 0.15) is 26.3 Å². The van der Waals surface area contributed by atoms with Gasteiger partial charge in [0.25, 0.3) is 0 Å². The molecule has 0 radical (unpaired) electrons. The summed E-state index contributed by atoms with van der Waals surface area (Å²) in [6.45, 7) is 6.51. The third kappa shape index (κ3) is 4.17. The zero-order chi connectivity index (χ0) is 11.1. The molecule has 2 heteroatoms. The van der Waals surface area contributed by atoms with Gasteiger partial charge in [0.15, 0.2) is 6.29 Å². The van der Waals surface area contributed by atoms with Crippen molar-refractivity contribution in [2.75, 3.05) is 6.61 Å². The van der Waals surface area contributed by atoms with Gasteiger partial charge in [0.1, 0.15) is 5.75 Å². The van der Waals surface area contributed by atoms with E-state index in [1.54, 1.807) is 0 Å². The maximum absolute atomic E-state index is 5.59. The maximum atomic E-state index is 5.59. The number of benzene rings is 1. The average molecular weight is 206 g/mol. The predicted octanol–water partition coefficient (Wildman–Crippen LogP) is 3.48. The van der Waals surface area contributed by atoms with E-state index in [9.17, 15) is 0 Å². The van der Waals surface area contributed by atoms with Crippen LogP contribution in [0.15, 0.2) is 30.3 Å². The van der Waals surface area contributed by atoms with E-state index in [1.807, 2.05) is 57.2 Å². The van der Waals surface area contributed by atoms with E-state index in [4.69, 9.17) is 9.47 Å². The zero-order valence-corrected chi connectivity index (χ0v) is 9.57. The van der Waals surface area contributed by atoms with Crippen LogP contribution in [0.3, 0.4) is 0 Å². The molecular weight excluding hydrogens is 188 g/mol. The number of hydrogen-bond acceptors (Lipinski definition) is 2. The first-order valence-corrected chi connectivity index (χ1v) is 5.27. The van der Waals surface area contributed by atoms with Crippen molar-refractivity contribution in [3.05, 3.63) is 35.9 Å². The van der Waals surface area contributed by atoms with Gasteiger partial charge in [0, 0.05) is 6.61 Å². The molecule has 0 saturated carbocycles. The fraction of sp³-hybridized carbons (Fsp3) is 0.385. The quantitative estimate of drug-likeness (QED) is 0.687. The smallest absolute Gasteiger partial charge is 0.196 e. The van der Waals surface area contributed by atoms with E-state index in [-0.39, 0.29) is 6.29 Å². The number of rotatable bonds is 5. The second kappa shape index (κ2) is 6.25. The molecule has 0 aromatic heterocycles. The molecule has 0 aliphatic heterocycles. The molecule has 0 fully saturated rings. The van der Waals surface area contributed by atoms with Crippen molar-refractivity contribution in [3.63, 3.8) is 0 Å². The average Bonchev–Trinajstić information content (AvgIpc) is 2.19. The molecule has 1 unspecified atom stereocenters. The highest BCUT2D eigenvalue weighted by molar-refractivity contribution is 5.51. The Balaban J connectivity index is 2.64. The van der Waals surface area contributed by atoms with Crippen LogP contribution in [-0.2, 0) is 4.74 Å². The molecule has 82 valence electrons. The SMILES string of the molecule is C/C=C/c1cccc(OC(C)OCC)c1. The van der Waals surface area contributed by atoms with Crippen molar-refractivity contribution in [1.82, 2.24) is 0 Å². The Hall–Kier alpha value is -1.28. The van der Waals surface area contributed by atoms with E-state index in [0.717, 1.165) is 11.3 Å². The fourth-order valence-corrected chi connectivity index (χ4v) is 1.34. The van der Waals surface area contributed by atoms with Gasteiger partial charge in [0.05, 0.1) is 0 Å². The van der Waals surface area contributed by atoms with Gasteiger partial charge in [-0.1, -0.05) is 24.3 Å². The minimum absolute atomic E-state index is 0.198. The van der Waals surface area contributed by atoms with E-state index in [1.165, 1.54) is 0 Å². The van der Waals surface area contributed by atoms with Gasteiger partial charge in [-0.25, -0.2) is 0 Å². The van der Waals surface area contributed by atoms with E-state index in [0.29, 0.717) is 6.61 Å². The zero-order valence-electron chi connectivity index (χ0n) is 9.57. The Labute approximate surface area is 91.5 Å². The highest BCUT2D eigenvalue weighted by Gasteiger charge is 2.02. The summed E-state index contributed by atoms with van der Waals surface area (Å²) in [6.07, 6.45) is 3.85. The Morgan fingerprint density at radius 3 is 2.87 bits per heavy atom. The molecule has 1 aromatic rings. The van der Waals surface area contributed by atoms with Crippen LogP contribution in [0.2, 0.25) is 0 Å². The number of allylic oxidation sites excluding steroid dienone is 1. The third-order valence-electron chi connectivity index (χ3n) is 1.92. The van der Waals surface area contributed by atoms with Gasteiger partial charge in [-0.15, -0.1) is 0 Å². The molecule has 2 nitrogen and oxygen atoms in total. The van der Waals surface area contributed by atoms with E-state index < -0.39 is 0 Å². The molecule has 0 saturated heterocycles. The van der Waals surface area contributed by atoms with Crippen LogP contribution in [0.4, 0.5) is 0 Å². The summed E-state index contributed by atoms with van der Waals surface area (Å²) in [6, 6.07) is 7.94. The summed E-state index contributed by atoms with van der Waals surface area (Å²) < 4.78 is 10.9. The molecule has 1 atom stereocenters. The summed E-state index contributed by atoms with van der Waals surface area (Å²) in [7, 11) is 0. The molecule has 15 heavy (non-hydrogen) atoms. The standard InChI is InChI=1S/C13H18O2/c1-4-7-12-8-6-9-13(10-12)15-11(3)14-5-2/h4,6-11H,5H2,1-3H3/b7-4+. The Morgan fingerprint density at radius 2 is 2.20 bits per heavy atom.